The second kappa shape index (κ2) is 11.5. The first kappa shape index (κ1) is 25.1. The van der Waals surface area contributed by atoms with Crippen LogP contribution >= 0.6 is 34.8 Å². The van der Waals surface area contributed by atoms with Gasteiger partial charge in [0.25, 0.3) is 5.91 Å². The largest absolute Gasteiger partial charge is 0.452 e. The van der Waals surface area contributed by atoms with Crippen molar-refractivity contribution in [2.45, 2.75) is 45.2 Å². The Hall–Kier alpha value is -2.55. The highest BCUT2D eigenvalue weighted by Gasteiger charge is 2.19. The van der Waals surface area contributed by atoms with E-state index in [1.807, 2.05) is 0 Å². The second-order valence-corrected chi connectivity index (χ2v) is 8.76. The third-order valence-corrected chi connectivity index (χ3v) is 6.26. The average Bonchev–Trinajstić information content (AvgIpc) is 3.35. The van der Waals surface area contributed by atoms with E-state index in [1.165, 1.54) is 10.8 Å². The molecule has 8 nitrogen and oxygen atoms in total. The fourth-order valence-electron chi connectivity index (χ4n) is 3.48. The first-order chi connectivity index (χ1) is 15.7. The maximum Gasteiger partial charge on any atom is 0.331 e. The highest BCUT2D eigenvalue weighted by atomic mass is 35.5. The van der Waals surface area contributed by atoms with Gasteiger partial charge in [0.15, 0.2) is 6.61 Å². The minimum Gasteiger partial charge on any atom is -0.452 e. The van der Waals surface area contributed by atoms with Crippen molar-refractivity contribution in [2.75, 3.05) is 6.61 Å². The number of urea groups is 1. The van der Waals surface area contributed by atoms with Crippen molar-refractivity contribution >= 4 is 58.8 Å². The number of halogens is 3. The van der Waals surface area contributed by atoms with Gasteiger partial charge in [0, 0.05) is 33.3 Å². The number of aromatic nitrogens is 2. The van der Waals surface area contributed by atoms with E-state index in [2.05, 4.69) is 15.7 Å². The Morgan fingerprint density at radius 3 is 2.52 bits per heavy atom. The Morgan fingerprint density at radius 1 is 1.18 bits per heavy atom. The second-order valence-electron chi connectivity index (χ2n) is 7.59. The molecule has 1 heterocycles. The molecule has 3 amide bonds. The number of rotatable bonds is 7. The minimum atomic E-state index is -0.765. The first-order valence-corrected chi connectivity index (χ1v) is 11.5. The van der Waals surface area contributed by atoms with Crippen LogP contribution in [0, 0.1) is 6.92 Å². The highest BCUT2D eigenvalue weighted by Crippen LogP contribution is 2.28. The molecular formula is C22H23Cl3N4O4. The zero-order valence-electron chi connectivity index (χ0n) is 17.9. The number of aryl methyl sites for hydroxylation is 1. The van der Waals surface area contributed by atoms with Crippen LogP contribution in [0.3, 0.4) is 0 Å². The van der Waals surface area contributed by atoms with E-state index in [1.54, 1.807) is 25.1 Å². The molecular weight excluding hydrogens is 491 g/mol. The van der Waals surface area contributed by atoms with E-state index in [9.17, 15) is 14.4 Å². The van der Waals surface area contributed by atoms with Gasteiger partial charge in [-0.25, -0.2) is 14.3 Å². The van der Waals surface area contributed by atoms with Crippen molar-refractivity contribution in [3.63, 3.8) is 0 Å². The van der Waals surface area contributed by atoms with Crippen LogP contribution in [0.2, 0.25) is 15.2 Å². The molecule has 0 atom stereocenters. The molecule has 0 unspecified atom stereocenters. The van der Waals surface area contributed by atoms with Crippen LogP contribution in [-0.4, -0.2) is 40.3 Å². The number of carbonyl (C=O) groups is 3. The zero-order valence-corrected chi connectivity index (χ0v) is 20.1. The van der Waals surface area contributed by atoms with E-state index in [4.69, 9.17) is 39.5 Å². The SMILES string of the molecule is Cc1nn(Cc2c(Cl)cccc2Cl)c(Cl)c1/C=C/C(=O)OCC(=O)NC(=O)NC1CCCC1. The summed E-state index contributed by atoms with van der Waals surface area (Å²) in [7, 11) is 0. The third kappa shape index (κ3) is 6.96. The van der Waals surface area contributed by atoms with Gasteiger partial charge in [-0.2, -0.15) is 5.10 Å². The molecule has 33 heavy (non-hydrogen) atoms. The lowest BCUT2D eigenvalue weighted by atomic mass is 10.2. The normalized spacial score (nSPS) is 13.9. The summed E-state index contributed by atoms with van der Waals surface area (Å²) in [6, 6.07) is 4.67. The number of benzene rings is 1. The lowest BCUT2D eigenvalue weighted by Crippen LogP contribution is -2.44. The van der Waals surface area contributed by atoms with Crippen LogP contribution < -0.4 is 10.6 Å². The smallest absolute Gasteiger partial charge is 0.331 e. The van der Waals surface area contributed by atoms with Crippen molar-refractivity contribution in [3.05, 3.63) is 56.3 Å². The molecule has 0 aliphatic heterocycles. The summed E-state index contributed by atoms with van der Waals surface area (Å²) in [5.41, 5.74) is 1.76. The van der Waals surface area contributed by atoms with Crippen LogP contribution in [0.15, 0.2) is 24.3 Å². The van der Waals surface area contributed by atoms with E-state index < -0.39 is 24.5 Å². The number of imide groups is 1. The van der Waals surface area contributed by atoms with Gasteiger partial charge in [0.1, 0.15) is 5.15 Å². The number of hydrogen-bond acceptors (Lipinski definition) is 5. The quantitative estimate of drug-likeness (QED) is 0.418. The van der Waals surface area contributed by atoms with Gasteiger partial charge in [-0.15, -0.1) is 0 Å². The Kier molecular flexibility index (Phi) is 8.77. The number of carbonyl (C=O) groups excluding carboxylic acids is 3. The molecule has 1 saturated carbocycles. The molecule has 3 rings (SSSR count). The summed E-state index contributed by atoms with van der Waals surface area (Å²) in [4.78, 5) is 35.6. The lowest BCUT2D eigenvalue weighted by molar-refractivity contribution is -0.143. The van der Waals surface area contributed by atoms with Crippen molar-refractivity contribution in [1.82, 2.24) is 20.4 Å². The molecule has 1 aliphatic rings. The first-order valence-electron chi connectivity index (χ1n) is 10.4. The number of ether oxygens (including phenoxy) is 1. The van der Waals surface area contributed by atoms with Crippen molar-refractivity contribution < 1.29 is 19.1 Å². The summed E-state index contributed by atoms with van der Waals surface area (Å²) in [6.45, 7) is 1.40. The number of hydrogen-bond donors (Lipinski definition) is 2. The highest BCUT2D eigenvalue weighted by molar-refractivity contribution is 6.36. The van der Waals surface area contributed by atoms with Crippen molar-refractivity contribution in [2.24, 2.45) is 0 Å². The predicted molar refractivity (Wildman–Crippen MR) is 126 cm³/mol. The molecule has 1 aliphatic carbocycles. The standard InChI is InChI=1S/C22H23Cl3N4O4/c1-13-15(21(25)29(28-13)11-16-17(23)7-4-8-18(16)24)9-10-20(31)33-12-19(30)27-22(32)26-14-5-2-3-6-14/h4,7-10,14H,2-3,5-6,11-12H2,1H3,(H2,26,27,30,32)/b10-9+. The summed E-state index contributed by atoms with van der Waals surface area (Å²) in [5, 5.41) is 10.5. The Balaban J connectivity index is 1.53. The minimum absolute atomic E-state index is 0.0751. The number of nitrogens with zero attached hydrogens (tertiary/aromatic N) is 2. The Morgan fingerprint density at radius 2 is 1.85 bits per heavy atom. The summed E-state index contributed by atoms with van der Waals surface area (Å²) in [5.74, 6) is -1.48. The number of esters is 1. The summed E-state index contributed by atoms with van der Waals surface area (Å²) in [6.07, 6.45) is 6.48. The predicted octanol–water partition coefficient (Wildman–Crippen LogP) is 4.52. The van der Waals surface area contributed by atoms with Gasteiger partial charge in [0.05, 0.1) is 12.2 Å². The van der Waals surface area contributed by atoms with E-state index >= 15 is 0 Å². The zero-order chi connectivity index (χ0) is 24.0. The molecule has 0 saturated heterocycles. The van der Waals surface area contributed by atoms with Gasteiger partial charge in [-0.1, -0.05) is 53.7 Å². The average molecular weight is 514 g/mol. The fraction of sp³-hybridized carbons (Fsp3) is 0.364. The molecule has 1 aromatic carbocycles. The summed E-state index contributed by atoms with van der Waals surface area (Å²) >= 11 is 18.9. The molecule has 2 aromatic rings. The maximum atomic E-state index is 12.0. The third-order valence-electron chi connectivity index (χ3n) is 5.15. The molecule has 0 spiro atoms. The maximum absolute atomic E-state index is 12.0. The van der Waals surface area contributed by atoms with Gasteiger partial charge in [-0.3, -0.25) is 10.1 Å². The van der Waals surface area contributed by atoms with Crippen LogP contribution in [0.4, 0.5) is 4.79 Å². The fourth-order valence-corrected chi connectivity index (χ4v) is 4.30. The Labute approximate surface area is 206 Å². The van der Waals surface area contributed by atoms with Crippen LogP contribution in [-0.2, 0) is 20.9 Å². The van der Waals surface area contributed by atoms with Crippen LogP contribution in [0.25, 0.3) is 6.08 Å². The molecule has 1 fully saturated rings. The van der Waals surface area contributed by atoms with E-state index in [0.29, 0.717) is 26.9 Å². The molecule has 176 valence electrons. The molecule has 2 N–H and O–H groups in total. The molecule has 0 bridgehead atoms. The summed E-state index contributed by atoms with van der Waals surface area (Å²) < 4.78 is 6.41. The van der Waals surface area contributed by atoms with Gasteiger partial charge < -0.3 is 10.1 Å². The molecule has 0 radical (unpaired) electrons. The van der Waals surface area contributed by atoms with Gasteiger partial charge in [0.2, 0.25) is 0 Å². The number of amides is 3. The van der Waals surface area contributed by atoms with Crippen LogP contribution in [0.5, 0.6) is 0 Å². The van der Waals surface area contributed by atoms with Crippen molar-refractivity contribution in [1.29, 1.82) is 0 Å². The van der Waals surface area contributed by atoms with Gasteiger partial charge >= 0.3 is 12.0 Å². The monoisotopic (exact) mass is 512 g/mol. The van der Waals surface area contributed by atoms with E-state index in [0.717, 1.165) is 31.8 Å². The van der Waals surface area contributed by atoms with Crippen LogP contribution in [0.1, 0.15) is 42.5 Å². The molecule has 1 aromatic heterocycles. The van der Waals surface area contributed by atoms with Gasteiger partial charge in [-0.05, 0) is 38.0 Å². The Bertz CT molecular complexity index is 1060. The van der Waals surface area contributed by atoms with E-state index in [-0.39, 0.29) is 17.7 Å². The molecule has 11 heteroatoms. The number of nitrogens with one attached hydrogen (secondary N) is 2. The topological polar surface area (TPSA) is 102 Å². The lowest BCUT2D eigenvalue weighted by Gasteiger charge is -2.12. The van der Waals surface area contributed by atoms with Crippen molar-refractivity contribution in [3.8, 4) is 0 Å².